The van der Waals surface area contributed by atoms with E-state index in [4.69, 9.17) is 21.1 Å². The van der Waals surface area contributed by atoms with Crippen LogP contribution in [-0.4, -0.2) is 32.1 Å². The standard InChI is InChI=1S/C15H16ClNO3S/c1-17(9-11-5-7-14(16)21-11)15(18)12-6-4-10(19-2)8-13(12)20-3/h4-8H,9H2,1-3H3. The Hall–Kier alpha value is -1.72. The predicted octanol–water partition coefficient (Wildman–Crippen LogP) is 3.69. The van der Waals surface area contributed by atoms with Gasteiger partial charge in [-0.3, -0.25) is 4.79 Å². The van der Waals surface area contributed by atoms with Gasteiger partial charge in [-0.1, -0.05) is 11.6 Å². The zero-order chi connectivity index (χ0) is 15.4. The Kier molecular flexibility index (Phi) is 5.09. The third-order valence-electron chi connectivity index (χ3n) is 3.01. The van der Waals surface area contributed by atoms with Crippen LogP contribution < -0.4 is 9.47 Å². The summed E-state index contributed by atoms with van der Waals surface area (Å²) in [4.78, 5) is 15.2. The van der Waals surface area contributed by atoms with E-state index in [1.165, 1.54) is 18.4 Å². The van der Waals surface area contributed by atoms with Gasteiger partial charge in [0.1, 0.15) is 11.5 Å². The molecule has 2 rings (SSSR count). The van der Waals surface area contributed by atoms with E-state index in [2.05, 4.69) is 0 Å². The normalized spacial score (nSPS) is 10.3. The summed E-state index contributed by atoms with van der Waals surface area (Å²) >= 11 is 7.37. The van der Waals surface area contributed by atoms with Crippen molar-refractivity contribution in [3.05, 3.63) is 45.1 Å². The summed E-state index contributed by atoms with van der Waals surface area (Å²) in [6.07, 6.45) is 0. The average molecular weight is 326 g/mol. The van der Waals surface area contributed by atoms with E-state index in [-0.39, 0.29) is 5.91 Å². The smallest absolute Gasteiger partial charge is 0.257 e. The summed E-state index contributed by atoms with van der Waals surface area (Å²) < 4.78 is 11.1. The lowest BCUT2D eigenvalue weighted by molar-refractivity contribution is 0.0783. The summed E-state index contributed by atoms with van der Waals surface area (Å²) in [6.45, 7) is 0.505. The molecule has 0 bridgehead atoms. The Morgan fingerprint density at radius 1 is 1.24 bits per heavy atom. The summed E-state index contributed by atoms with van der Waals surface area (Å²) in [6, 6.07) is 8.89. The molecule has 1 aromatic carbocycles. The van der Waals surface area contributed by atoms with Gasteiger partial charge in [0, 0.05) is 18.0 Å². The van der Waals surface area contributed by atoms with Crippen molar-refractivity contribution < 1.29 is 14.3 Å². The molecule has 0 radical (unpaired) electrons. The quantitative estimate of drug-likeness (QED) is 0.841. The van der Waals surface area contributed by atoms with E-state index in [9.17, 15) is 4.79 Å². The van der Waals surface area contributed by atoms with Crippen LogP contribution in [0.5, 0.6) is 11.5 Å². The molecule has 0 unspecified atom stereocenters. The van der Waals surface area contributed by atoms with Crippen molar-refractivity contribution in [1.82, 2.24) is 4.90 Å². The molecule has 1 heterocycles. The van der Waals surface area contributed by atoms with Crippen molar-refractivity contribution in [3.63, 3.8) is 0 Å². The molecule has 1 aromatic heterocycles. The van der Waals surface area contributed by atoms with Crippen molar-refractivity contribution in [2.45, 2.75) is 6.54 Å². The number of carbonyl (C=O) groups is 1. The number of benzene rings is 1. The molecule has 0 fully saturated rings. The highest BCUT2D eigenvalue weighted by molar-refractivity contribution is 7.16. The van der Waals surface area contributed by atoms with Crippen LogP contribution in [0.15, 0.2) is 30.3 Å². The Balaban J connectivity index is 2.18. The van der Waals surface area contributed by atoms with Gasteiger partial charge in [0.25, 0.3) is 5.91 Å². The van der Waals surface area contributed by atoms with Gasteiger partial charge in [0.05, 0.1) is 30.7 Å². The van der Waals surface area contributed by atoms with Gasteiger partial charge in [-0.25, -0.2) is 0 Å². The molecular formula is C15H16ClNO3S. The topological polar surface area (TPSA) is 38.8 Å². The number of nitrogens with zero attached hydrogens (tertiary/aromatic N) is 1. The Morgan fingerprint density at radius 2 is 2.00 bits per heavy atom. The van der Waals surface area contributed by atoms with E-state index in [0.717, 1.165) is 4.88 Å². The van der Waals surface area contributed by atoms with Gasteiger partial charge < -0.3 is 14.4 Å². The van der Waals surface area contributed by atoms with Crippen LogP contribution in [0.4, 0.5) is 0 Å². The number of thiophene rings is 1. The second kappa shape index (κ2) is 6.83. The minimum Gasteiger partial charge on any atom is -0.497 e. The van der Waals surface area contributed by atoms with Crippen LogP contribution in [0, 0.1) is 0 Å². The molecule has 0 aliphatic rings. The van der Waals surface area contributed by atoms with Crippen LogP contribution in [0.3, 0.4) is 0 Å². The molecule has 6 heteroatoms. The summed E-state index contributed by atoms with van der Waals surface area (Å²) in [7, 11) is 4.85. The van der Waals surface area contributed by atoms with Gasteiger partial charge in [-0.05, 0) is 24.3 Å². The maximum atomic E-state index is 12.5. The Morgan fingerprint density at radius 3 is 2.57 bits per heavy atom. The molecule has 0 aliphatic heterocycles. The van der Waals surface area contributed by atoms with Gasteiger partial charge in [0.2, 0.25) is 0 Å². The van der Waals surface area contributed by atoms with Crippen LogP contribution in [0.25, 0.3) is 0 Å². The molecule has 2 aromatic rings. The lowest BCUT2D eigenvalue weighted by Gasteiger charge is -2.18. The SMILES string of the molecule is COc1ccc(C(=O)N(C)Cc2ccc(Cl)s2)c(OC)c1. The van der Waals surface area contributed by atoms with E-state index < -0.39 is 0 Å². The average Bonchev–Trinajstić information content (AvgIpc) is 2.90. The minimum atomic E-state index is -0.112. The number of hydrogen-bond acceptors (Lipinski definition) is 4. The minimum absolute atomic E-state index is 0.112. The third-order valence-corrected chi connectivity index (χ3v) is 4.22. The number of carbonyl (C=O) groups excluding carboxylic acids is 1. The number of amides is 1. The van der Waals surface area contributed by atoms with E-state index >= 15 is 0 Å². The lowest BCUT2D eigenvalue weighted by Crippen LogP contribution is -2.26. The van der Waals surface area contributed by atoms with Crippen molar-refractivity contribution >= 4 is 28.8 Å². The fourth-order valence-electron chi connectivity index (χ4n) is 1.92. The monoisotopic (exact) mass is 325 g/mol. The maximum absolute atomic E-state index is 12.5. The van der Waals surface area contributed by atoms with Crippen LogP contribution in [0.2, 0.25) is 4.34 Å². The summed E-state index contributed by atoms with van der Waals surface area (Å²) in [5.74, 6) is 1.03. The summed E-state index contributed by atoms with van der Waals surface area (Å²) in [5.41, 5.74) is 0.503. The maximum Gasteiger partial charge on any atom is 0.257 e. The van der Waals surface area contributed by atoms with Crippen LogP contribution >= 0.6 is 22.9 Å². The van der Waals surface area contributed by atoms with Crippen molar-refractivity contribution in [1.29, 1.82) is 0 Å². The Labute approximate surface area is 132 Å². The number of halogens is 1. The number of hydrogen-bond donors (Lipinski definition) is 0. The zero-order valence-corrected chi connectivity index (χ0v) is 13.6. The molecule has 0 N–H and O–H groups in total. The fraction of sp³-hybridized carbons (Fsp3) is 0.267. The molecule has 0 saturated heterocycles. The van der Waals surface area contributed by atoms with Crippen molar-refractivity contribution in [2.24, 2.45) is 0 Å². The molecule has 0 spiro atoms. The first-order valence-electron chi connectivity index (χ1n) is 6.27. The van der Waals surface area contributed by atoms with E-state index in [1.807, 2.05) is 12.1 Å². The first-order chi connectivity index (χ1) is 10.0. The molecule has 21 heavy (non-hydrogen) atoms. The molecule has 0 saturated carbocycles. The molecular weight excluding hydrogens is 310 g/mol. The van der Waals surface area contributed by atoms with Gasteiger partial charge >= 0.3 is 0 Å². The highest BCUT2D eigenvalue weighted by Gasteiger charge is 2.18. The fourth-order valence-corrected chi connectivity index (χ4v) is 3.06. The number of methoxy groups -OCH3 is 2. The molecule has 4 nitrogen and oxygen atoms in total. The third kappa shape index (κ3) is 3.68. The lowest BCUT2D eigenvalue weighted by atomic mass is 10.1. The van der Waals surface area contributed by atoms with E-state index in [1.54, 1.807) is 37.3 Å². The summed E-state index contributed by atoms with van der Waals surface area (Å²) in [5, 5.41) is 0. The van der Waals surface area contributed by atoms with E-state index in [0.29, 0.717) is 27.9 Å². The molecule has 1 amide bonds. The van der Waals surface area contributed by atoms with Gasteiger partial charge in [-0.15, -0.1) is 11.3 Å². The molecule has 0 atom stereocenters. The zero-order valence-electron chi connectivity index (χ0n) is 12.1. The van der Waals surface area contributed by atoms with Gasteiger partial charge in [-0.2, -0.15) is 0 Å². The largest absolute Gasteiger partial charge is 0.497 e. The molecule has 112 valence electrons. The highest BCUT2D eigenvalue weighted by Crippen LogP contribution is 2.27. The first kappa shape index (κ1) is 15.7. The number of rotatable bonds is 5. The molecule has 0 aliphatic carbocycles. The van der Waals surface area contributed by atoms with Crippen molar-refractivity contribution in [3.8, 4) is 11.5 Å². The van der Waals surface area contributed by atoms with Crippen LogP contribution in [0.1, 0.15) is 15.2 Å². The number of ether oxygens (including phenoxy) is 2. The second-order valence-electron chi connectivity index (χ2n) is 4.43. The van der Waals surface area contributed by atoms with Gasteiger partial charge in [0.15, 0.2) is 0 Å². The first-order valence-corrected chi connectivity index (χ1v) is 7.46. The van der Waals surface area contributed by atoms with Crippen LogP contribution in [-0.2, 0) is 6.54 Å². The second-order valence-corrected chi connectivity index (χ2v) is 6.23. The predicted molar refractivity (Wildman–Crippen MR) is 84.7 cm³/mol. The highest BCUT2D eigenvalue weighted by atomic mass is 35.5. The van der Waals surface area contributed by atoms with Crippen molar-refractivity contribution in [2.75, 3.05) is 21.3 Å². The Bertz CT molecular complexity index is 642.